The van der Waals surface area contributed by atoms with Crippen molar-refractivity contribution in [3.8, 4) is 0 Å². The van der Waals surface area contributed by atoms with Crippen molar-refractivity contribution in [2.75, 3.05) is 13.7 Å². The summed E-state index contributed by atoms with van der Waals surface area (Å²) in [6.07, 6.45) is 0.612. The highest BCUT2D eigenvalue weighted by Gasteiger charge is 2.47. The van der Waals surface area contributed by atoms with Crippen LogP contribution in [-0.4, -0.2) is 48.6 Å². The largest absolute Gasteiger partial charge is 0.383 e. The van der Waals surface area contributed by atoms with E-state index >= 15 is 0 Å². The SMILES string of the molecule is CCC1C(=O)NC(C(C)(C)C)C(=O)N1C(COC)C(C)C. The maximum Gasteiger partial charge on any atom is 0.246 e. The normalized spacial score (nSPS) is 25.2. The van der Waals surface area contributed by atoms with E-state index in [1.165, 1.54) is 0 Å². The van der Waals surface area contributed by atoms with Crippen LogP contribution in [0.1, 0.15) is 48.0 Å². The summed E-state index contributed by atoms with van der Waals surface area (Å²) in [4.78, 5) is 27.2. The van der Waals surface area contributed by atoms with Crippen LogP contribution in [0.25, 0.3) is 0 Å². The summed E-state index contributed by atoms with van der Waals surface area (Å²) < 4.78 is 5.29. The van der Waals surface area contributed by atoms with Crippen molar-refractivity contribution in [1.29, 1.82) is 0 Å². The number of rotatable bonds is 5. The van der Waals surface area contributed by atoms with Gasteiger partial charge in [-0.3, -0.25) is 9.59 Å². The van der Waals surface area contributed by atoms with Crippen LogP contribution in [0.2, 0.25) is 0 Å². The van der Waals surface area contributed by atoms with Gasteiger partial charge in [0.25, 0.3) is 0 Å². The van der Waals surface area contributed by atoms with Crippen LogP contribution in [0.5, 0.6) is 0 Å². The van der Waals surface area contributed by atoms with Crippen molar-refractivity contribution >= 4 is 11.8 Å². The third kappa shape index (κ3) is 3.76. The molecule has 1 rings (SSSR count). The van der Waals surface area contributed by atoms with Crippen LogP contribution in [0.3, 0.4) is 0 Å². The summed E-state index contributed by atoms with van der Waals surface area (Å²) in [5.41, 5.74) is -0.307. The first-order valence-corrected chi connectivity index (χ1v) is 7.76. The lowest BCUT2D eigenvalue weighted by Gasteiger charge is -2.47. The van der Waals surface area contributed by atoms with E-state index in [1.54, 1.807) is 12.0 Å². The average Bonchev–Trinajstić information content (AvgIpc) is 2.36. The number of amides is 2. The Bertz CT molecular complexity index is 387. The van der Waals surface area contributed by atoms with Crippen molar-refractivity contribution < 1.29 is 14.3 Å². The first-order chi connectivity index (χ1) is 9.65. The van der Waals surface area contributed by atoms with Gasteiger partial charge in [-0.25, -0.2) is 0 Å². The molecule has 21 heavy (non-hydrogen) atoms. The highest BCUT2D eigenvalue weighted by atomic mass is 16.5. The summed E-state index contributed by atoms with van der Waals surface area (Å²) in [6.45, 7) is 12.4. The molecule has 1 saturated heterocycles. The van der Waals surface area contributed by atoms with Gasteiger partial charge in [0.05, 0.1) is 12.6 Å². The molecule has 0 bridgehead atoms. The molecule has 1 aliphatic heterocycles. The summed E-state index contributed by atoms with van der Waals surface area (Å²) in [7, 11) is 1.63. The number of nitrogens with one attached hydrogen (secondary N) is 1. The van der Waals surface area contributed by atoms with E-state index < -0.39 is 12.1 Å². The number of piperazine rings is 1. The molecule has 0 aromatic heterocycles. The number of nitrogens with zero attached hydrogens (tertiary/aromatic N) is 1. The zero-order chi connectivity index (χ0) is 16.4. The third-order valence-electron chi connectivity index (χ3n) is 4.14. The Morgan fingerprint density at radius 1 is 1.29 bits per heavy atom. The van der Waals surface area contributed by atoms with E-state index in [9.17, 15) is 9.59 Å². The quantitative estimate of drug-likeness (QED) is 0.842. The van der Waals surface area contributed by atoms with E-state index in [0.717, 1.165) is 0 Å². The van der Waals surface area contributed by atoms with Crippen LogP contribution in [0, 0.1) is 11.3 Å². The van der Waals surface area contributed by atoms with Crippen LogP contribution in [0.15, 0.2) is 0 Å². The fourth-order valence-electron chi connectivity index (χ4n) is 2.86. The summed E-state index contributed by atoms with van der Waals surface area (Å²) in [6, 6.07) is -0.965. The minimum Gasteiger partial charge on any atom is -0.383 e. The summed E-state index contributed by atoms with van der Waals surface area (Å²) in [5.74, 6) is 0.179. The molecule has 5 heteroatoms. The number of methoxy groups -OCH3 is 1. The standard InChI is InChI=1S/C16H30N2O3/c1-8-11-14(19)17-13(16(4,5)6)15(20)18(11)12(9-21-7)10(2)3/h10-13H,8-9H2,1-7H3,(H,17,19). The highest BCUT2D eigenvalue weighted by Crippen LogP contribution is 2.29. The Labute approximate surface area is 128 Å². The Kier molecular flexibility index (Phi) is 5.79. The molecular formula is C16H30N2O3. The molecule has 0 spiro atoms. The van der Waals surface area contributed by atoms with Gasteiger partial charge in [0.2, 0.25) is 11.8 Å². The monoisotopic (exact) mass is 298 g/mol. The number of carbonyl (C=O) groups excluding carboxylic acids is 2. The Morgan fingerprint density at radius 2 is 1.86 bits per heavy atom. The summed E-state index contributed by atoms with van der Waals surface area (Å²) in [5, 5.41) is 2.90. The van der Waals surface area contributed by atoms with Gasteiger partial charge in [-0.15, -0.1) is 0 Å². The van der Waals surface area contributed by atoms with Gasteiger partial charge in [0.15, 0.2) is 0 Å². The lowest BCUT2D eigenvalue weighted by Crippen LogP contribution is -2.69. The van der Waals surface area contributed by atoms with E-state index in [4.69, 9.17) is 4.74 Å². The van der Waals surface area contributed by atoms with Crippen molar-refractivity contribution in [1.82, 2.24) is 10.2 Å². The maximum atomic E-state index is 13.0. The van der Waals surface area contributed by atoms with Gasteiger partial charge in [-0.05, 0) is 17.8 Å². The van der Waals surface area contributed by atoms with Gasteiger partial charge < -0.3 is 15.0 Å². The number of ether oxygens (including phenoxy) is 1. The van der Waals surface area contributed by atoms with Gasteiger partial charge in [-0.1, -0.05) is 41.5 Å². The molecule has 0 radical (unpaired) electrons. The average molecular weight is 298 g/mol. The molecule has 0 saturated carbocycles. The molecule has 122 valence electrons. The molecular weight excluding hydrogens is 268 g/mol. The molecule has 1 aliphatic rings. The zero-order valence-electron chi connectivity index (χ0n) is 14.4. The van der Waals surface area contributed by atoms with Gasteiger partial charge in [-0.2, -0.15) is 0 Å². The first kappa shape index (κ1) is 18.0. The first-order valence-electron chi connectivity index (χ1n) is 7.76. The minimum atomic E-state index is -0.481. The molecule has 5 nitrogen and oxygen atoms in total. The van der Waals surface area contributed by atoms with Crippen LogP contribution >= 0.6 is 0 Å². The minimum absolute atomic E-state index is 0.00435. The van der Waals surface area contributed by atoms with E-state index in [0.29, 0.717) is 13.0 Å². The van der Waals surface area contributed by atoms with Crippen molar-refractivity contribution in [3.05, 3.63) is 0 Å². The lowest BCUT2D eigenvalue weighted by atomic mass is 9.82. The van der Waals surface area contributed by atoms with Crippen molar-refractivity contribution in [2.24, 2.45) is 11.3 Å². The van der Waals surface area contributed by atoms with Crippen LogP contribution < -0.4 is 5.32 Å². The Hall–Kier alpha value is -1.10. The second-order valence-corrected chi connectivity index (χ2v) is 7.24. The number of carbonyl (C=O) groups is 2. The molecule has 1 fully saturated rings. The smallest absolute Gasteiger partial charge is 0.246 e. The second kappa shape index (κ2) is 6.77. The number of hydrogen-bond donors (Lipinski definition) is 1. The van der Waals surface area contributed by atoms with Crippen molar-refractivity contribution in [3.63, 3.8) is 0 Å². The second-order valence-electron chi connectivity index (χ2n) is 7.24. The predicted molar refractivity (Wildman–Crippen MR) is 82.8 cm³/mol. The van der Waals surface area contributed by atoms with Crippen LogP contribution in [-0.2, 0) is 14.3 Å². The van der Waals surface area contributed by atoms with E-state index in [1.807, 2.05) is 27.7 Å². The van der Waals surface area contributed by atoms with Gasteiger partial charge in [0, 0.05) is 7.11 Å². The van der Waals surface area contributed by atoms with Gasteiger partial charge >= 0.3 is 0 Å². The van der Waals surface area contributed by atoms with Gasteiger partial charge in [0.1, 0.15) is 12.1 Å². The molecule has 0 aromatic rings. The molecule has 0 aromatic carbocycles. The van der Waals surface area contributed by atoms with E-state index in [2.05, 4.69) is 19.2 Å². The zero-order valence-corrected chi connectivity index (χ0v) is 14.4. The molecule has 3 atom stereocenters. The number of hydrogen-bond acceptors (Lipinski definition) is 3. The predicted octanol–water partition coefficient (Wildman–Crippen LogP) is 1.81. The van der Waals surface area contributed by atoms with E-state index in [-0.39, 0.29) is 29.2 Å². The Balaban J connectivity index is 3.19. The fraction of sp³-hybridized carbons (Fsp3) is 0.875. The Morgan fingerprint density at radius 3 is 2.24 bits per heavy atom. The van der Waals surface area contributed by atoms with Crippen molar-refractivity contribution in [2.45, 2.75) is 66.1 Å². The van der Waals surface area contributed by atoms with Crippen LogP contribution in [0.4, 0.5) is 0 Å². The highest BCUT2D eigenvalue weighted by molar-refractivity contribution is 5.97. The topological polar surface area (TPSA) is 58.6 Å². The molecule has 1 heterocycles. The third-order valence-corrected chi connectivity index (χ3v) is 4.14. The molecule has 2 amide bonds. The maximum absolute atomic E-state index is 13.0. The molecule has 3 unspecified atom stereocenters. The molecule has 1 N–H and O–H groups in total. The molecule has 0 aliphatic carbocycles. The summed E-state index contributed by atoms with van der Waals surface area (Å²) >= 11 is 0. The lowest BCUT2D eigenvalue weighted by molar-refractivity contribution is -0.158. The fourth-order valence-corrected chi connectivity index (χ4v) is 2.86.